The number of ether oxygens (including phenoxy) is 1. The summed E-state index contributed by atoms with van der Waals surface area (Å²) >= 11 is 0. The van der Waals surface area contributed by atoms with Gasteiger partial charge in [0.15, 0.2) is 0 Å². The van der Waals surface area contributed by atoms with E-state index >= 15 is 0 Å². The molecule has 1 rings (SSSR count). The Hall–Kier alpha value is -1.59. The molecule has 132 valence electrons. The van der Waals surface area contributed by atoms with Crippen molar-refractivity contribution in [3.8, 4) is 0 Å². The van der Waals surface area contributed by atoms with Crippen LogP contribution in [-0.2, 0) is 19.1 Å². The lowest BCUT2D eigenvalue weighted by Crippen LogP contribution is -2.54. The molecule has 0 saturated heterocycles. The normalized spacial score (nSPS) is 23.9. The van der Waals surface area contributed by atoms with E-state index in [1.54, 1.807) is 0 Å². The fraction of sp³-hybridized carbons (Fsp3) is 0.824. The van der Waals surface area contributed by atoms with Crippen molar-refractivity contribution >= 4 is 17.8 Å². The lowest BCUT2D eigenvalue weighted by Gasteiger charge is -2.40. The van der Waals surface area contributed by atoms with Crippen molar-refractivity contribution < 1.29 is 19.1 Å². The minimum absolute atomic E-state index is 0.000306. The summed E-state index contributed by atoms with van der Waals surface area (Å²) in [6.45, 7) is 3.60. The van der Waals surface area contributed by atoms with Crippen LogP contribution in [0.4, 0.5) is 0 Å². The molecule has 0 atom stereocenters. The number of carbonyl (C=O) groups excluding carboxylic acids is 3. The maximum atomic E-state index is 12.2. The van der Waals surface area contributed by atoms with Gasteiger partial charge in [0.1, 0.15) is 0 Å². The van der Waals surface area contributed by atoms with Gasteiger partial charge in [-0.2, -0.15) is 0 Å². The molecule has 1 aliphatic rings. The highest BCUT2D eigenvalue weighted by molar-refractivity contribution is 5.78. The molecule has 6 heteroatoms. The first-order valence-electron chi connectivity index (χ1n) is 8.55. The Labute approximate surface area is 138 Å². The van der Waals surface area contributed by atoms with Gasteiger partial charge in [-0.15, -0.1) is 0 Å². The molecule has 0 unspecified atom stereocenters. The van der Waals surface area contributed by atoms with Crippen LogP contribution < -0.4 is 10.6 Å². The van der Waals surface area contributed by atoms with E-state index in [0.717, 1.165) is 32.1 Å². The van der Waals surface area contributed by atoms with E-state index in [2.05, 4.69) is 17.6 Å². The highest BCUT2D eigenvalue weighted by Gasteiger charge is 2.38. The highest BCUT2D eigenvalue weighted by atomic mass is 16.5. The summed E-state index contributed by atoms with van der Waals surface area (Å²) in [6, 6.07) is 0.121. The molecule has 0 spiro atoms. The Bertz CT molecular complexity index is 415. The second-order valence-electron chi connectivity index (χ2n) is 6.51. The molecule has 0 radical (unpaired) electrons. The smallest absolute Gasteiger partial charge is 0.307 e. The van der Waals surface area contributed by atoms with Crippen molar-refractivity contribution in [3.05, 3.63) is 0 Å². The zero-order chi connectivity index (χ0) is 17.3. The molecule has 2 N–H and O–H groups in total. The van der Waals surface area contributed by atoms with Crippen LogP contribution in [0, 0.1) is 0 Å². The van der Waals surface area contributed by atoms with Gasteiger partial charge in [0.2, 0.25) is 11.8 Å². The average Bonchev–Trinajstić information content (AvgIpc) is 2.49. The van der Waals surface area contributed by atoms with Gasteiger partial charge in [-0.05, 0) is 32.1 Å². The topological polar surface area (TPSA) is 84.5 Å². The summed E-state index contributed by atoms with van der Waals surface area (Å²) < 4.78 is 4.79. The quantitative estimate of drug-likeness (QED) is 0.528. The average molecular weight is 326 g/mol. The van der Waals surface area contributed by atoms with E-state index in [1.165, 1.54) is 14.0 Å². The number of carbonyl (C=O) groups is 3. The number of methoxy groups -OCH3 is 1. The van der Waals surface area contributed by atoms with Crippen LogP contribution in [-0.4, -0.2) is 36.5 Å². The minimum Gasteiger partial charge on any atom is -0.469 e. The van der Waals surface area contributed by atoms with Crippen molar-refractivity contribution in [2.45, 2.75) is 83.2 Å². The molecule has 23 heavy (non-hydrogen) atoms. The molecule has 0 bridgehead atoms. The lowest BCUT2D eigenvalue weighted by molar-refractivity contribution is -0.143. The Kier molecular flexibility index (Phi) is 8.06. The maximum absolute atomic E-state index is 12.2. The van der Waals surface area contributed by atoms with Crippen LogP contribution in [0.1, 0.15) is 71.6 Å². The third-order valence-corrected chi connectivity index (χ3v) is 4.47. The summed E-state index contributed by atoms with van der Waals surface area (Å²) in [7, 11) is 1.36. The number of unbranched alkanes of at least 4 members (excludes halogenated alkanes) is 2. The van der Waals surface area contributed by atoms with E-state index in [9.17, 15) is 14.4 Å². The monoisotopic (exact) mass is 326 g/mol. The number of hydrogen-bond donors (Lipinski definition) is 2. The summed E-state index contributed by atoms with van der Waals surface area (Å²) in [6.07, 6.45) is 6.50. The summed E-state index contributed by atoms with van der Waals surface area (Å²) in [5.74, 6) is -0.351. The molecule has 0 aromatic rings. The first kappa shape index (κ1) is 19.5. The van der Waals surface area contributed by atoms with E-state index in [1.807, 2.05) is 0 Å². The van der Waals surface area contributed by atoms with E-state index in [4.69, 9.17) is 4.74 Å². The standard InChI is InChI=1S/C17H30N2O4/c1-4-5-6-7-15(21)19-17(12-16(22)23-3)10-8-14(9-11-17)18-13(2)20/h14H,4-12H2,1-3H3,(H,18,20)(H,19,21). The molecular weight excluding hydrogens is 296 g/mol. The van der Waals surface area contributed by atoms with Crippen LogP contribution in [0.25, 0.3) is 0 Å². The van der Waals surface area contributed by atoms with Crippen LogP contribution in [0.3, 0.4) is 0 Å². The van der Waals surface area contributed by atoms with Gasteiger partial charge in [0.25, 0.3) is 0 Å². The number of amides is 2. The second kappa shape index (κ2) is 9.53. The molecule has 6 nitrogen and oxygen atoms in total. The first-order valence-corrected chi connectivity index (χ1v) is 8.55. The third kappa shape index (κ3) is 7.01. The zero-order valence-electron chi connectivity index (χ0n) is 14.6. The van der Waals surface area contributed by atoms with Crippen LogP contribution in [0.5, 0.6) is 0 Å². The zero-order valence-corrected chi connectivity index (χ0v) is 14.6. The SMILES string of the molecule is CCCCCC(=O)NC1(CC(=O)OC)CCC(NC(C)=O)CC1. The van der Waals surface area contributed by atoms with Gasteiger partial charge in [-0.25, -0.2) is 0 Å². The van der Waals surface area contributed by atoms with Crippen LogP contribution in [0.15, 0.2) is 0 Å². The van der Waals surface area contributed by atoms with Crippen molar-refractivity contribution in [2.24, 2.45) is 0 Å². The van der Waals surface area contributed by atoms with E-state index < -0.39 is 5.54 Å². The number of esters is 1. The Morgan fingerprint density at radius 2 is 1.83 bits per heavy atom. The number of nitrogens with one attached hydrogen (secondary N) is 2. The molecule has 0 aromatic heterocycles. The van der Waals surface area contributed by atoms with E-state index in [0.29, 0.717) is 19.3 Å². The van der Waals surface area contributed by atoms with Crippen LogP contribution in [0.2, 0.25) is 0 Å². The fourth-order valence-electron chi connectivity index (χ4n) is 3.19. The molecule has 1 fully saturated rings. The summed E-state index contributed by atoms with van der Waals surface area (Å²) in [5, 5.41) is 5.99. The summed E-state index contributed by atoms with van der Waals surface area (Å²) in [5.41, 5.74) is -0.536. The minimum atomic E-state index is -0.536. The molecular formula is C17H30N2O4. The van der Waals surface area contributed by atoms with Gasteiger partial charge in [-0.3, -0.25) is 14.4 Å². The fourth-order valence-corrected chi connectivity index (χ4v) is 3.19. The summed E-state index contributed by atoms with van der Waals surface area (Å²) in [4.78, 5) is 35.1. The van der Waals surface area contributed by atoms with Gasteiger partial charge >= 0.3 is 5.97 Å². The van der Waals surface area contributed by atoms with E-state index in [-0.39, 0.29) is 30.2 Å². The maximum Gasteiger partial charge on any atom is 0.307 e. The third-order valence-electron chi connectivity index (χ3n) is 4.47. The predicted molar refractivity (Wildman–Crippen MR) is 87.7 cm³/mol. The van der Waals surface area contributed by atoms with Gasteiger partial charge in [0, 0.05) is 19.4 Å². The molecule has 0 aliphatic heterocycles. The van der Waals surface area contributed by atoms with Crippen molar-refractivity contribution in [2.75, 3.05) is 7.11 Å². The molecule has 0 aromatic carbocycles. The Morgan fingerprint density at radius 1 is 1.17 bits per heavy atom. The number of rotatable bonds is 8. The lowest BCUT2D eigenvalue weighted by atomic mass is 9.77. The molecule has 2 amide bonds. The van der Waals surface area contributed by atoms with Crippen molar-refractivity contribution in [1.29, 1.82) is 0 Å². The molecule has 1 aliphatic carbocycles. The highest BCUT2D eigenvalue weighted by Crippen LogP contribution is 2.32. The predicted octanol–water partition coefficient (Wildman–Crippen LogP) is 2.06. The van der Waals surface area contributed by atoms with Gasteiger partial charge < -0.3 is 15.4 Å². The second-order valence-corrected chi connectivity index (χ2v) is 6.51. The van der Waals surface area contributed by atoms with Gasteiger partial charge in [0.05, 0.1) is 19.1 Å². The molecule has 0 heterocycles. The number of hydrogen-bond acceptors (Lipinski definition) is 4. The first-order chi connectivity index (χ1) is 10.9. The van der Waals surface area contributed by atoms with Crippen molar-refractivity contribution in [3.63, 3.8) is 0 Å². The van der Waals surface area contributed by atoms with Crippen molar-refractivity contribution in [1.82, 2.24) is 10.6 Å². The molecule has 1 saturated carbocycles. The van der Waals surface area contributed by atoms with Gasteiger partial charge in [-0.1, -0.05) is 19.8 Å². The van der Waals surface area contributed by atoms with Crippen LogP contribution >= 0.6 is 0 Å². The largest absolute Gasteiger partial charge is 0.469 e. The Balaban J connectivity index is 2.63. The Morgan fingerprint density at radius 3 is 2.35 bits per heavy atom.